The minimum atomic E-state index is -0.256. The molecule has 1 N–H and O–H groups in total. The molecule has 0 spiro atoms. The third-order valence-corrected chi connectivity index (χ3v) is 4.81. The molecule has 1 fully saturated rings. The topological polar surface area (TPSA) is 70.8 Å². The summed E-state index contributed by atoms with van der Waals surface area (Å²) in [7, 11) is 0. The summed E-state index contributed by atoms with van der Waals surface area (Å²) in [6, 6.07) is 4.79. The fourth-order valence-electron chi connectivity index (χ4n) is 3.20. The molecule has 6 nitrogen and oxygen atoms in total. The lowest BCUT2D eigenvalue weighted by molar-refractivity contribution is 0.207. The Kier molecular flexibility index (Phi) is 4.24. The number of benzene rings is 1. The number of hydrogen-bond donors (Lipinski definition) is 1. The molecule has 2 aromatic heterocycles. The monoisotopic (exact) mass is 347 g/mol. The lowest BCUT2D eigenvalue weighted by Crippen LogP contribution is -2.23. The van der Waals surface area contributed by atoms with Crippen molar-refractivity contribution in [2.75, 3.05) is 12.8 Å². The molecule has 0 amide bonds. The average Bonchev–Trinajstić information content (AvgIpc) is 3.27. The second kappa shape index (κ2) is 6.52. The van der Waals surface area contributed by atoms with E-state index < -0.39 is 0 Å². The summed E-state index contributed by atoms with van der Waals surface area (Å²) in [6.45, 7) is 1.56. The molecule has 0 bridgehead atoms. The number of imidazole rings is 1. The van der Waals surface area contributed by atoms with Crippen LogP contribution >= 0.6 is 11.8 Å². The van der Waals surface area contributed by atoms with Crippen LogP contribution in [0.5, 0.6) is 0 Å². The molecule has 0 saturated carbocycles. The van der Waals surface area contributed by atoms with Crippen LogP contribution in [0, 0.1) is 5.82 Å². The molecular formula is C16H18FN5OS. The molecule has 0 aliphatic carbocycles. The predicted octanol–water partition coefficient (Wildman–Crippen LogP) is 3.29. The fraction of sp³-hybridized carbons (Fsp3) is 0.438. The highest BCUT2D eigenvalue weighted by Gasteiger charge is 2.30. The Labute approximate surface area is 142 Å². The number of fused-ring (bicyclic) bond motifs is 1. The van der Waals surface area contributed by atoms with Crippen molar-refractivity contribution in [1.82, 2.24) is 25.0 Å². The fourth-order valence-corrected chi connectivity index (χ4v) is 3.58. The zero-order chi connectivity index (χ0) is 16.5. The molecule has 0 radical (unpaired) electrons. The highest BCUT2D eigenvalue weighted by Crippen LogP contribution is 2.32. The van der Waals surface area contributed by atoms with E-state index >= 15 is 0 Å². The Morgan fingerprint density at radius 3 is 3.21 bits per heavy atom. The standard InChI is InChI=1S/C16H18FN5OS/c1-24-9-14-20-15(23-21-14)8-22-6-2-3-13(22)16-18-11-5-4-10(17)7-12(11)19-16/h4-5,7,13H,2-3,6,8-9H2,1H3,(H,18,19)/t13-/m0/s1. The van der Waals surface area contributed by atoms with Crippen LogP contribution in [-0.4, -0.2) is 37.8 Å². The van der Waals surface area contributed by atoms with E-state index in [1.165, 1.54) is 12.1 Å². The molecule has 24 heavy (non-hydrogen) atoms. The summed E-state index contributed by atoms with van der Waals surface area (Å²) in [6.07, 6.45) is 4.10. The summed E-state index contributed by atoms with van der Waals surface area (Å²) in [4.78, 5) is 14.6. The normalized spacial score (nSPS) is 18.7. The highest BCUT2D eigenvalue weighted by molar-refractivity contribution is 7.97. The molecule has 1 saturated heterocycles. The summed E-state index contributed by atoms with van der Waals surface area (Å²) >= 11 is 1.67. The van der Waals surface area contributed by atoms with E-state index in [4.69, 9.17) is 4.52 Å². The van der Waals surface area contributed by atoms with Gasteiger partial charge in [0.2, 0.25) is 5.89 Å². The van der Waals surface area contributed by atoms with E-state index in [0.717, 1.165) is 47.8 Å². The van der Waals surface area contributed by atoms with E-state index in [1.54, 1.807) is 17.8 Å². The van der Waals surface area contributed by atoms with Crippen molar-refractivity contribution < 1.29 is 8.91 Å². The third kappa shape index (κ3) is 3.03. The zero-order valence-electron chi connectivity index (χ0n) is 13.3. The molecule has 3 aromatic rings. The van der Waals surface area contributed by atoms with E-state index in [9.17, 15) is 4.39 Å². The molecular weight excluding hydrogens is 329 g/mol. The van der Waals surface area contributed by atoms with Crippen molar-refractivity contribution in [2.24, 2.45) is 0 Å². The zero-order valence-corrected chi connectivity index (χ0v) is 14.1. The van der Waals surface area contributed by atoms with Crippen LogP contribution in [0.25, 0.3) is 11.0 Å². The summed E-state index contributed by atoms with van der Waals surface area (Å²) in [5.41, 5.74) is 1.52. The SMILES string of the molecule is CSCc1noc(CN2CCC[C@H]2c2nc3ccc(F)cc3[nH]2)n1. The van der Waals surface area contributed by atoms with Crippen molar-refractivity contribution in [3.05, 3.63) is 41.6 Å². The number of hydrogen-bond acceptors (Lipinski definition) is 6. The van der Waals surface area contributed by atoms with Gasteiger partial charge in [0.25, 0.3) is 0 Å². The minimum Gasteiger partial charge on any atom is -0.341 e. The number of nitrogens with zero attached hydrogens (tertiary/aromatic N) is 4. The van der Waals surface area contributed by atoms with Gasteiger partial charge in [-0.15, -0.1) is 0 Å². The van der Waals surface area contributed by atoms with E-state index in [0.29, 0.717) is 12.4 Å². The van der Waals surface area contributed by atoms with Gasteiger partial charge in [0.05, 0.1) is 29.4 Å². The highest BCUT2D eigenvalue weighted by atomic mass is 32.2. The van der Waals surface area contributed by atoms with Gasteiger partial charge in [0.15, 0.2) is 5.82 Å². The number of likely N-dealkylation sites (tertiary alicyclic amines) is 1. The summed E-state index contributed by atoms with van der Waals surface area (Å²) in [5, 5.41) is 3.99. The Balaban J connectivity index is 1.54. The van der Waals surface area contributed by atoms with Crippen LogP contribution in [0.4, 0.5) is 4.39 Å². The van der Waals surface area contributed by atoms with E-state index in [-0.39, 0.29) is 11.9 Å². The Hall–Kier alpha value is -1.93. The predicted molar refractivity (Wildman–Crippen MR) is 90.0 cm³/mol. The van der Waals surface area contributed by atoms with Crippen LogP contribution < -0.4 is 0 Å². The maximum absolute atomic E-state index is 13.4. The quantitative estimate of drug-likeness (QED) is 0.764. The number of aromatic amines is 1. The lowest BCUT2D eigenvalue weighted by Gasteiger charge is -2.20. The van der Waals surface area contributed by atoms with Gasteiger partial charge in [0.1, 0.15) is 11.6 Å². The third-order valence-electron chi connectivity index (χ3n) is 4.26. The number of thioether (sulfide) groups is 1. The number of halogens is 1. The lowest BCUT2D eigenvalue weighted by atomic mass is 10.2. The second-order valence-corrected chi connectivity index (χ2v) is 6.82. The maximum atomic E-state index is 13.4. The first kappa shape index (κ1) is 15.6. The van der Waals surface area contributed by atoms with Gasteiger partial charge in [-0.05, 0) is 43.8 Å². The molecule has 1 aliphatic rings. The maximum Gasteiger partial charge on any atom is 0.240 e. The Bertz CT molecular complexity index is 848. The first-order chi connectivity index (χ1) is 11.7. The summed E-state index contributed by atoms with van der Waals surface area (Å²) < 4.78 is 18.7. The van der Waals surface area contributed by atoms with Crippen molar-refractivity contribution in [3.8, 4) is 0 Å². The molecule has 1 aliphatic heterocycles. The minimum absolute atomic E-state index is 0.163. The second-order valence-electron chi connectivity index (χ2n) is 5.95. The number of nitrogens with one attached hydrogen (secondary N) is 1. The van der Waals surface area contributed by atoms with Crippen LogP contribution in [-0.2, 0) is 12.3 Å². The van der Waals surface area contributed by atoms with Crippen molar-refractivity contribution in [1.29, 1.82) is 0 Å². The van der Waals surface area contributed by atoms with E-state index in [2.05, 4.69) is 25.0 Å². The van der Waals surface area contributed by atoms with Crippen LogP contribution in [0.3, 0.4) is 0 Å². The smallest absolute Gasteiger partial charge is 0.240 e. The van der Waals surface area contributed by atoms with Gasteiger partial charge >= 0.3 is 0 Å². The Morgan fingerprint density at radius 1 is 1.42 bits per heavy atom. The molecule has 4 rings (SSSR count). The van der Waals surface area contributed by atoms with Gasteiger partial charge in [0, 0.05) is 0 Å². The first-order valence-corrected chi connectivity index (χ1v) is 9.32. The van der Waals surface area contributed by atoms with E-state index in [1.807, 2.05) is 6.26 Å². The van der Waals surface area contributed by atoms with Gasteiger partial charge in [-0.25, -0.2) is 9.37 Å². The molecule has 1 atom stereocenters. The number of rotatable bonds is 5. The molecule has 3 heterocycles. The van der Waals surface area contributed by atoms with Gasteiger partial charge < -0.3 is 9.51 Å². The number of aromatic nitrogens is 4. The molecule has 1 aromatic carbocycles. The van der Waals surface area contributed by atoms with Crippen LogP contribution in [0.1, 0.15) is 36.4 Å². The molecule has 0 unspecified atom stereocenters. The first-order valence-electron chi connectivity index (χ1n) is 7.92. The van der Waals surface area contributed by atoms with Crippen molar-refractivity contribution in [3.63, 3.8) is 0 Å². The van der Waals surface area contributed by atoms with Gasteiger partial charge in [-0.2, -0.15) is 16.7 Å². The summed E-state index contributed by atoms with van der Waals surface area (Å²) in [5.74, 6) is 2.73. The van der Waals surface area contributed by atoms with Gasteiger partial charge in [-0.3, -0.25) is 4.90 Å². The molecule has 8 heteroatoms. The Morgan fingerprint density at radius 2 is 2.33 bits per heavy atom. The largest absolute Gasteiger partial charge is 0.341 e. The molecule has 126 valence electrons. The van der Waals surface area contributed by atoms with Crippen LogP contribution in [0.2, 0.25) is 0 Å². The van der Waals surface area contributed by atoms with Crippen molar-refractivity contribution >= 4 is 22.8 Å². The average molecular weight is 347 g/mol. The number of H-pyrrole nitrogens is 1. The van der Waals surface area contributed by atoms with Crippen LogP contribution in [0.15, 0.2) is 22.7 Å². The van der Waals surface area contributed by atoms with Crippen molar-refractivity contribution in [2.45, 2.75) is 31.2 Å². The van der Waals surface area contributed by atoms with Gasteiger partial charge in [-0.1, -0.05) is 5.16 Å².